The molecule has 0 heterocycles. The first-order valence-electron chi connectivity index (χ1n) is 2.20. The van der Waals surface area contributed by atoms with Crippen LogP contribution < -0.4 is 0 Å². The maximum Gasteiger partial charge on any atom is 0.0816 e. The van der Waals surface area contributed by atoms with Crippen LogP contribution in [0.15, 0.2) is 11.1 Å². The van der Waals surface area contributed by atoms with E-state index in [-0.39, 0.29) is 0 Å². The van der Waals surface area contributed by atoms with E-state index < -0.39 is 0 Å². The number of methoxy groups -OCH3 is 1. The van der Waals surface area contributed by atoms with Crippen molar-refractivity contribution in [1.29, 1.82) is 0 Å². The lowest BCUT2D eigenvalue weighted by Crippen LogP contribution is -1.86. The molecule has 3 heteroatoms. The van der Waals surface area contributed by atoms with Crippen LogP contribution in [0.2, 0.25) is 0 Å². The van der Waals surface area contributed by atoms with Crippen molar-refractivity contribution in [2.24, 2.45) is 0 Å². The van der Waals surface area contributed by atoms with E-state index in [2.05, 4.69) is 0 Å². The van der Waals surface area contributed by atoms with Crippen LogP contribution in [0, 0.1) is 0 Å². The van der Waals surface area contributed by atoms with Gasteiger partial charge >= 0.3 is 0 Å². The second kappa shape index (κ2) is 5.42. The molecule has 0 rings (SSSR count). The van der Waals surface area contributed by atoms with E-state index in [1.807, 2.05) is 0 Å². The third-order valence-electron chi connectivity index (χ3n) is 0.581. The fourth-order valence-corrected chi connectivity index (χ4v) is 0.732. The van der Waals surface area contributed by atoms with Crippen molar-refractivity contribution in [3.05, 3.63) is 11.1 Å². The second-order valence-corrected chi connectivity index (χ2v) is 2.03. The van der Waals surface area contributed by atoms with E-state index in [1.54, 1.807) is 13.2 Å². The van der Waals surface area contributed by atoms with Crippen LogP contribution in [0.4, 0.5) is 0 Å². The molecule has 0 N–H and O–H groups in total. The van der Waals surface area contributed by atoms with E-state index in [4.69, 9.17) is 27.9 Å². The zero-order chi connectivity index (χ0) is 6.41. The monoisotopic (exact) mass is 154 g/mol. The van der Waals surface area contributed by atoms with Gasteiger partial charge in [0.2, 0.25) is 0 Å². The average molecular weight is 155 g/mol. The lowest BCUT2D eigenvalue weighted by molar-refractivity contribution is 0.231. The zero-order valence-electron chi connectivity index (χ0n) is 4.66. The highest BCUT2D eigenvalue weighted by atomic mass is 35.5. The van der Waals surface area contributed by atoms with Crippen molar-refractivity contribution in [1.82, 2.24) is 0 Å². The van der Waals surface area contributed by atoms with Gasteiger partial charge in [0.25, 0.3) is 0 Å². The summed E-state index contributed by atoms with van der Waals surface area (Å²) in [6.45, 7) is 0.453. The molecule has 0 aromatic heterocycles. The topological polar surface area (TPSA) is 9.23 Å². The molecule has 0 aliphatic heterocycles. The Bertz CT molecular complexity index is 80.5. The summed E-state index contributed by atoms with van der Waals surface area (Å²) in [7, 11) is 1.59. The highest BCUT2D eigenvalue weighted by molar-refractivity contribution is 6.30. The Hall–Kier alpha value is 0.280. The Morgan fingerprint density at radius 2 is 2.38 bits per heavy atom. The van der Waals surface area contributed by atoms with Gasteiger partial charge in [0.15, 0.2) is 0 Å². The van der Waals surface area contributed by atoms with E-state index in [0.29, 0.717) is 17.5 Å². The Kier molecular flexibility index (Phi) is 5.61. The number of halogens is 2. The van der Waals surface area contributed by atoms with Crippen LogP contribution in [0.25, 0.3) is 0 Å². The van der Waals surface area contributed by atoms with Gasteiger partial charge in [0.05, 0.1) is 6.61 Å². The molecule has 8 heavy (non-hydrogen) atoms. The predicted octanol–water partition coefficient (Wildman–Crippen LogP) is 1.99. The maximum atomic E-state index is 5.53. The standard InChI is InChI=1S/C5H8Cl2O/c1-8-4-5(7)2-3-6/h2H,3-4H2,1H3/b5-2-. The van der Waals surface area contributed by atoms with Gasteiger partial charge in [-0.1, -0.05) is 17.7 Å². The molecule has 0 spiro atoms. The summed E-state index contributed by atoms with van der Waals surface area (Å²) < 4.78 is 4.70. The molecule has 1 nitrogen and oxygen atoms in total. The van der Waals surface area contributed by atoms with E-state index in [9.17, 15) is 0 Å². The summed E-state index contributed by atoms with van der Waals surface area (Å²) in [5, 5.41) is 0.655. The van der Waals surface area contributed by atoms with Crippen molar-refractivity contribution in [2.45, 2.75) is 0 Å². The normalized spacial score (nSPS) is 12.1. The highest BCUT2D eigenvalue weighted by Gasteiger charge is 1.85. The number of hydrogen-bond donors (Lipinski definition) is 0. The summed E-state index contributed by atoms with van der Waals surface area (Å²) >= 11 is 10.8. The summed E-state index contributed by atoms with van der Waals surface area (Å²) in [5.74, 6) is 0.447. The molecule has 0 atom stereocenters. The van der Waals surface area contributed by atoms with E-state index in [0.717, 1.165) is 0 Å². The first-order valence-corrected chi connectivity index (χ1v) is 3.12. The van der Waals surface area contributed by atoms with Gasteiger partial charge in [-0.05, 0) is 0 Å². The van der Waals surface area contributed by atoms with E-state index >= 15 is 0 Å². The molecule has 0 bridgehead atoms. The molecular weight excluding hydrogens is 147 g/mol. The van der Waals surface area contributed by atoms with Crippen LogP contribution in [0.1, 0.15) is 0 Å². The summed E-state index contributed by atoms with van der Waals surface area (Å²) in [6, 6.07) is 0. The predicted molar refractivity (Wildman–Crippen MR) is 36.5 cm³/mol. The van der Waals surface area contributed by atoms with Gasteiger partial charge in [-0.25, -0.2) is 0 Å². The Balaban J connectivity index is 3.29. The van der Waals surface area contributed by atoms with Gasteiger partial charge in [0.1, 0.15) is 0 Å². The largest absolute Gasteiger partial charge is 0.379 e. The Morgan fingerprint density at radius 3 is 2.75 bits per heavy atom. The minimum atomic E-state index is 0.447. The van der Waals surface area contributed by atoms with Crippen LogP contribution in [0.3, 0.4) is 0 Å². The van der Waals surface area contributed by atoms with Crippen LogP contribution in [0.5, 0.6) is 0 Å². The van der Waals surface area contributed by atoms with Gasteiger partial charge in [-0.2, -0.15) is 0 Å². The summed E-state index contributed by atoms with van der Waals surface area (Å²) in [6.07, 6.45) is 1.70. The van der Waals surface area contributed by atoms with Crippen molar-refractivity contribution < 1.29 is 4.74 Å². The SMILES string of the molecule is COC/C(Cl)=C/CCl. The molecule has 0 aliphatic carbocycles. The fraction of sp³-hybridized carbons (Fsp3) is 0.600. The van der Waals surface area contributed by atoms with Gasteiger partial charge < -0.3 is 4.74 Å². The number of hydrogen-bond acceptors (Lipinski definition) is 1. The Morgan fingerprint density at radius 1 is 1.75 bits per heavy atom. The van der Waals surface area contributed by atoms with Gasteiger partial charge in [-0.3, -0.25) is 0 Å². The smallest absolute Gasteiger partial charge is 0.0816 e. The van der Waals surface area contributed by atoms with Crippen molar-refractivity contribution in [2.75, 3.05) is 19.6 Å². The molecule has 0 unspecified atom stereocenters. The molecule has 48 valence electrons. The molecule has 0 radical (unpaired) electrons. The van der Waals surface area contributed by atoms with Crippen LogP contribution >= 0.6 is 23.2 Å². The minimum Gasteiger partial charge on any atom is -0.379 e. The van der Waals surface area contributed by atoms with Gasteiger partial charge in [0, 0.05) is 18.0 Å². The fourth-order valence-electron chi connectivity index (χ4n) is 0.281. The van der Waals surface area contributed by atoms with Crippen molar-refractivity contribution in [3.8, 4) is 0 Å². The average Bonchev–Trinajstić information content (AvgIpc) is 1.68. The molecule has 0 aromatic rings. The molecule has 0 amide bonds. The number of rotatable bonds is 3. The number of ether oxygens (including phenoxy) is 1. The first kappa shape index (κ1) is 8.28. The summed E-state index contributed by atoms with van der Waals surface area (Å²) in [5.41, 5.74) is 0. The lowest BCUT2D eigenvalue weighted by atomic mass is 10.5. The third kappa shape index (κ3) is 4.44. The summed E-state index contributed by atoms with van der Waals surface area (Å²) in [4.78, 5) is 0. The maximum absolute atomic E-state index is 5.53. The minimum absolute atomic E-state index is 0.447. The van der Waals surface area contributed by atoms with Crippen LogP contribution in [-0.2, 0) is 4.74 Å². The van der Waals surface area contributed by atoms with Gasteiger partial charge in [-0.15, -0.1) is 11.6 Å². The molecule has 0 saturated carbocycles. The molecular formula is C5H8Cl2O. The number of alkyl halides is 1. The third-order valence-corrected chi connectivity index (χ3v) is 0.999. The Labute approximate surface area is 59.2 Å². The number of allylic oxidation sites excluding steroid dienone is 1. The zero-order valence-corrected chi connectivity index (χ0v) is 6.17. The molecule has 0 aliphatic rings. The second-order valence-electron chi connectivity index (χ2n) is 1.24. The quantitative estimate of drug-likeness (QED) is 0.566. The van der Waals surface area contributed by atoms with Crippen LogP contribution in [-0.4, -0.2) is 19.6 Å². The molecule has 0 saturated heterocycles. The first-order chi connectivity index (χ1) is 3.81. The van der Waals surface area contributed by atoms with Crippen molar-refractivity contribution >= 4 is 23.2 Å². The lowest BCUT2D eigenvalue weighted by Gasteiger charge is -1.92. The van der Waals surface area contributed by atoms with E-state index in [1.165, 1.54) is 0 Å². The molecule has 0 fully saturated rings. The molecule has 0 aromatic carbocycles. The van der Waals surface area contributed by atoms with Crippen molar-refractivity contribution in [3.63, 3.8) is 0 Å². The highest BCUT2D eigenvalue weighted by Crippen LogP contribution is 2.00.